The van der Waals surface area contributed by atoms with E-state index in [1.54, 1.807) is 6.92 Å². The van der Waals surface area contributed by atoms with E-state index in [9.17, 15) is 5.11 Å². The van der Waals surface area contributed by atoms with Gasteiger partial charge in [0.05, 0.1) is 6.17 Å². The molecule has 0 aromatic rings. The molecule has 13 heavy (non-hydrogen) atoms. The topological polar surface area (TPSA) is 26.7 Å². The molecule has 3 heteroatoms. The molecular formula is C10H24N2O. The molecule has 0 saturated carbocycles. The molecule has 0 radical (unpaired) electrons. The van der Waals surface area contributed by atoms with Crippen molar-refractivity contribution >= 4 is 0 Å². The highest BCUT2D eigenvalue weighted by Gasteiger charge is 2.31. The molecule has 0 aromatic carbocycles. The van der Waals surface area contributed by atoms with Gasteiger partial charge in [-0.3, -0.25) is 9.80 Å². The molecule has 3 nitrogen and oxygen atoms in total. The molecule has 80 valence electrons. The zero-order chi connectivity index (χ0) is 10.8. The SMILES string of the molecule is CC(O)N(C)C(N(C)C)C(C)(C)C. The van der Waals surface area contributed by atoms with E-state index >= 15 is 0 Å². The molecule has 0 aliphatic rings. The lowest BCUT2D eigenvalue weighted by molar-refractivity contribution is -0.0777. The van der Waals surface area contributed by atoms with E-state index in [0.29, 0.717) is 0 Å². The number of aliphatic hydroxyl groups excluding tert-OH is 1. The van der Waals surface area contributed by atoms with E-state index in [2.05, 4.69) is 25.7 Å². The zero-order valence-corrected chi connectivity index (χ0v) is 10.00. The fraction of sp³-hybridized carbons (Fsp3) is 1.00. The van der Waals surface area contributed by atoms with E-state index in [-0.39, 0.29) is 11.6 Å². The minimum absolute atomic E-state index is 0.134. The summed E-state index contributed by atoms with van der Waals surface area (Å²) in [6.07, 6.45) is -0.167. The van der Waals surface area contributed by atoms with Gasteiger partial charge >= 0.3 is 0 Å². The number of hydrogen-bond acceptors (Lipinski definition) is 3. The summed E-state index contributed by atoms with van der Waals surface area (Å²) in [6.45, 7) is 8.33. The van der Waals surface area contributed by atoms with Crippen molar-refractivity contribution in [3.05, 3.63) is 0 Å². The van der Waals surface area contributed by atoms with Crippen LogP contribution in [0.5, 0.6) is 0 Å². The maximum Gasteiger partial charge on any atom is 0.105 e. The lowest BCUT2D eigenvalue weighted by Gasteiger charge is -2.43. The number of rotatable bonds is 3. The van der Waals surface area contributed by atoms with Crippen molar-refractivity contribution in [2.75, 3.05) is 21.1 Å². The van der Waals surface area contributed by atoms with Crippen LogP contribution in [0.4, 0.5) is 0 Å². The van der Waals surface area contributed by atoms with Crippen molar-refractivity contribution in [1.82, 2.24) is 9.80 Å². The molecule has 0 bridgehead atoms. The van der Waals surface area contributed by atoms with E-state index < -0.39 is 6.23 Å². The first-order valence-corrected chi connectivity index (χ1v) is 4.74. The van der Waals surface area contributed by atoms with Crippen molar-refractivity contribution in [1.29, 1.82) is 0 Å². The minimum atomic E-state index is -0.411. The van der Waals surface area contributed by atoms with Crippen LogP contribution in [0.3, 0.4) is 0 Å². The summed E-state index contributed by atoms with van der Waals surface area (Å²) in [5, 5.41) is 9.50. The summed E-state index contributed by atoms with van der Waals surface area (Å²) in [5.74, 6) is 0. The second-order valence-corrected chi connectivity index (χ2v) is 5.00. The molecule has 0 aliphatic carbocycles. The van der Waals surface area contributed by atoms with Gasteiger partial charge in [-0.1, -0.05) is 20.8 Å². The lowest BCUT2D eigenvalue weighted by atomic mass is 9.90. The van der Waals surface area contributed by atoms with Gasteiger partial charge in [-0.15, -0.1) is 0 Å². The van der Waals surface area contributed by atoms with Gasteiger partial charge in [0.2, 0.25) is 0 Å². The molecule has 0 saturated heterocycles. The Morgan fingerprint density at radius 1 is 1.08 bits per heavy atom. The van der Waals surface area contributed by atoms with Crippen LogP contribution in [0.15, 0.2) is 0 Å². The highest BCUT2D eigenvalue weighted by atomic mass is 16.3. The highest BCUT2D eigenvalue weighted by Crippen LogP contribution is 2.25. The van der Waals surface area contributed by atoms with Crippen LogP contribution in [-0.4, -0.2) is 48.4 Å². The van der Waals surface area contributed by atoms with Crippen LogP contribution in [0.1, 0.15) is 27.7 Å². The summed E-state index contributed by atoms with van der Waals surface area (Å²) >= 11 is 0. The van der Waals surface area contributed by atoms with Gasteiger partial charge in [0.15, 0.2) is 0 Å². The predicted octanol–water partition coefficient (Wildman–Crippen LogP) is 1.19. The Morgan fingerprint density at radius 2 is 1.46 bits per heavy atom. The molecule has 1 N–H and O–H groups in total. The first kappa shape index (κ1) is 12.9. The highest BCUT2D eigenvalue weighted by molar-refractivity contribution is 4.79. The Hall–Kier alpha value is -0.120. The molecular weight excluding hydrogens is 164 g/mol. The second-order valence-electron chi connectivity index (χ2n) is 5.00. The van der Waals surface area contributed by atoms with Crippen LogP contribution in [-0.2, 0) is 0 Å². The van der Waals surface area contributed by atoms with Gasteiger partial charge in [0, 0.05) is 0 Å². The van der Waals surface area contributed by atoms with E-state index in [4.69, 9.17) is 0 Å². The quantitative estimate of drug-likeness (QED) is 0.674. The molecule has 0 rings (SSSR count). The molecule has 0 heterocycles. The number of nitrogens with zero attached hydrogens (tertiary/aromatic N) is 2. The lowest BCUT2D eigenvalue weighted by Crippen LogP contribution is -2.53. The Bertz CT molecular complexity index is 149. The number of hydrogen-bond donors (Lipinski definition) is 1. The van der Waals surface area contributed by atoms with Gasteiger partial charge in [-0.05, 0) is 33.5 Å². The third-order valence-electron chi connectivity index (χ3n) is 2.24. The van der Waals surface area contributed by atoms with Crippen LogP contribution in [0.25, 0.3) is 0 Å². The van der Waals surface area contributed by atoms with E-state index in [1.165, 1.54) is 0 Å². The Balaban J connectivity index is 4.62. The fourth-order valence-electron chi connectivity index (χ4n) is 1.95. The first-order valence-electron chi connectivity index (χ1n) is 4.74. The third kappa shape index (κ3) is 3.63. The predicted molar refractivity (Wildman–Crippen MR) is 56.4 cm³/mol. The maximum absolute atomic E-state index is 9.50. The smallest absolute Gasteiger partial charge is 0.105 e. The normalized spacial score (nSPS) is 18.0. The summed E-state index contributed by atoms with van der Waals surface area (Å²) in [7, 11) is 6.02. The summed E-state index contributed by atoms with van der Waals surface area (Å²) in [5.41, 5.74) is 0.134. The molecule has 0 spiro atoms. The van der Waals surface area contributed by atoms with Gasteiger partial charge < -0.3 is 5.11 Å². The summed E-state index contributed by atoms with van der Waals surface area (Å²) < 4.78 is 0. The Kier molecular flexibility index (Phi) is 4.36. The van der Waals surface area contributed by atoms with Crippen molar-refractivity contribution in [2.24, 2.45) is 5.41 Å². The van der Waals surface area contributed by atoms with Crippen LogP contribution in [0.2, 0.25) is 0 Å². The van der Waals surface area contributed by atoms with Crippen LogP contribution >= 0.6 is 0 Å². The fourth-order valence-corrected chi connectivity index (χ4v) is 1.95. The largest absolute Gasteiger partial charge is 0.379 e. The van der Waals surface area contributed by atoms with Gasteiger partial charge in [-0.25, -0.2) is 0 Å². The molecule has 0 amide bonds. The van der Waals surface area contributed by atoms with Crippen LogP contribution in [0, 0.1) is 5.41 Å². The monoisotopic (exact) mass is 188 g/mol. The third-order valence-corrected chi connectivity index (χ3v) is 2.24. The molecule has 0 aromatic heterocycles. The molecule has 2 unspecified atom stereocenters. The minimum Gasteiger partial charge on any atom is -0.379 e. The number of aliphatic hydroxyl groups is 1. The Labute approximate surface area is 82.3 Å². The molecule has 0 aliphatic heterocycles. The summed E-state index contributed by atoms with van der Waals surface area (Å²) in [4.78, 5) is 4.10. The Morgan fingerprint density at radius 3 is 1.54 bits per heavy atom. The first-order chi connectivity index (χ1) is 5.68. The van der Waals surface area contributed by atoms with E-state index in [1.807, 2.05) is 26.0 Å². The molecule has 2 atom stereocenters. The van der Waals surface area contributed by atoms with Gasteiger partial charge in [-0.2, -0.15) is 0 Å². The van der Waals surface area contributed by atoms with Gasteiger partial charge in [0.25, 0.3) is 0 Å². The zero-order valence-electron chi connectivity index (χ0n) is 10.00. The van der Waals surface area contributed by atoms with Crippen molar-refractivity contribution in [3.63, 3.8) is 0 Å². The summed E-state index contributed by atoms with van der Waals surface area (Å²) in [6, 6.07) is 0. The average Bonchev–Trinajstić information content (AvgIpc) is 1.82. The standard InChI is InChI=1S/C10H24N2O/c1-8(13)12(7)9(11(5)6)10(2,3)4/h8-9,13H,1-7H3. The molecule has 0 fully saturated rings. The van der Waals surface area contributed by atoms with Crippen molar-refractivity contribution in [3.8, 4) is 0 Å². The van der Waals surface area contributed by atoms with E-state index in [0.717, 1.165) is 0 Å². The average molecular weight is 188 g/mol. The van der Waals surface area contributed by atoms with Crippen LogP contribution < -0.4 is 0 Å². The van der Waals surface area contributed by atoms with Gasteiger partial charge in [0.1, 0.15) is 6.23 Å². The second kappa shape index (κ2) is 4.40. The van der Waals surface area contributed by atoms with Crippen molar-refractivity contribution < 1.29 is 5.11 Å². The van der Waals surface area contributed by atoms with Crippen molar-refractivity contribution in [2.45, 2.75) is 40.1 Å². The maximum atomic E-state index is 9.50.